The lowest BCUT2D eigenvalue weighted by Gasteiger charge is -2.30. The van der Waals surface area contributed by atoms with Gasteiger partial charge in [0.1, 0.15) is 6.04 Å². The maximum atomic E-state index is 12.9. The zero-order valence-corrected chi connectivity index (χ0v) is 18.0. The lowest BCUT2D eigenvalue weighted by molar-refractivity contribution is -0.117. The van der Waals surface area contributed by atoms with E-state index in [4.69, 9.17) is 16.3 Å². The second-order valence-corrected chi connectivity index (χ2v) is 8.55. The van der Waals surface area contributed by atoms with Gasteiger partial charge in [-0.3, -0.25) is 9.10 Å². The molecule has 0 fully saturated rings. The maximum absolute atomic E-state index is 12.9. The van der Waals surface area contributed by atoms with E-state index in [0.717, 1.165) is 10.6 Å². The molecule has 7 nitrogen and oxygen atoms in total. The van der Waals surface area contributed by atoms with Gasteiger partial charge in [0, 0.05) is 10.7 Å². The van der Waals surface area contributed by atoms with Crippen LogP contribution in [0, 0.1) is 0 Å². The minimum Gasteiger partial charge on any atom is -0.462 e. The minimum absolute atomic E-state index is 0.234. The zero-order chi connectivity index (χ0) is 21.6. The highest BCUT2D eigenvalue weighted by Gasteiger charge is 2.31. The summed E-state index contributed by atoms with van der Waals surface area (Å²) in [4.78, 5) is 24.8. The van der Waals surface area contributed by atoms with Crippen molar-refractivity contribution in [3.05, 3.63) is 59.1 Å². The number of sulfonamides is 1. The summed E-state index contributed by atoms with van der Waals surface area (Å²) >= 11 is 5.89. The van der Waals surface area contributed by atoms with Crippen LogP contribution in [0.15, 0.2) is 48.5 Å². The molecule has 0 aliphatic heterocycles. The number of carbonyl (C=O) groups excluding carboxylic acids is 2. The van der Waals surface area contributed by atoms with E-state index in [1.165, 1.54) is 6.07 Å². The summed E-state index contributed by atoms with van der Waals surface area (Å²) < 4.78 is 30.9. The molecule has 1 atom stereocenters. The van der Waals surface area contributed by atoms with E-state index in [0.29, 0.717) is 16.4 Å². The molecule has 0 saturated heterocycles. The van der Waals surface area contributed by atoms with Crippen molar-refractivity contribution in [2.75, 3.05) is 22.5 Å². The van der Waals surface area contributed by atoms with Gasteiger partial charge < -0.3 is 10.1 Å². The summed E-state index contributed by atoms with van der Waals surface area (Å²) in [5, 5.41) is 3.14. The molecule has 156 valence electrons. The van der Waals surface area contributed by atoms with Gasteiger partial charge in [0.15, 0.2) is 0 Å². The van der Waals surface area contributed by atoms with Crippen LogP contribution in [-0.4, -0.2) is 39.2 Å². The van der Waals surface area contributed by atoms with Crippen molar-refractivity contribution in [1.29, 1.82) is 0 Å². The second kappa shape index (κ2) is 9.76. The van der Waals surface area contributed by atoms with Crippen molar-refractivity contribution in [2.24, 2.45) is 0 Å². The van der Waals surface area contributed by atoms with Gasteiger partial charge in [-0.2, -0.15) is 0 Å². The Kier molecular flexibility index (Phi) is 7.64. The molecule has 0 aromatic heterocycles. The van der Waals surface area contributed by atoms with Gasteiger partial charge >= 0.3 is 5.97 Å². The van der Waals surface area contributed by atoms with Gasteiger partial charge in [-0.1, -0.05) is 24.6 Å². The number of halogens is 1. The molecule has 0 aliphatic rings. The molecule has 1 N–H and O–H groups in total. The number of anilines is 2. The minimum atomic E-state index is -3.75. The number of rotatable bonds is 8. The van der Waals surface area contributed by atoms with Crippen molar-refractivity contribution < 1.29 is 22.7 Å². The lowest BCUT2D eigenvalue weighted by Crippen LogP contribution is -2.47. The number of hydrogen-bond acceptors (Lipinski definition) is 5. The number of amides is 1. The van der Waals surface area contributed by atoms with E-state index in [-0.39, 0.29) is 18.6 Å². The number of nitrogens with one attached hydrogen (secondary N) is 1. The molecule has 29 heavy (non-hydrogen) atoms. The maximum Gasteiger partial charge on any atom is 0.338 e. The second-order valence-electron chi connectivity index (χ2n) is 6.25. The van der Waals surface area contributed by atoms with Gasteiger partial charge in [0.25, 0.3) is 0 Å². The van der Waals surface area contributed by atoms with Crippen molar-refractivity contribution in [1.82, 2.24) is 0 Å². The third-order valence-electron chi connectivity index (χ3n) is 4.05. The Morgan fingerprint density at radius 3 is 2.34 bits per heavy atom. The Balaban J connectivity index is 2.32. The first-order chi connectivity index (χ1) is 13.7. The Morgan fingerprint density at radius 1 is 1.14 bits per heavy atom. The van der Waals surface area contributed by atoms with Crippen LogP contribution in [0.25, 0.3) is 0 Å². The van der Waals surface area contributed by atoms with E-state index >= 15 is 0 Å². The molecular weight excluding hydrogens is 416 g/mol. The quantitative estimate of drug-likeness (QED) is 0.634. The van der Waals surface area contributed by atoms with E-state index in [2.05, 4.69) is 5.32 Å². The van der Waals surface area contributed by atoms with E-state index in [1.807, 2.05) is 0 Å². The number of carbonyl (C=O) groups is 2. The Morgan fingerprint density at radius 2 is 1.79 bits per heavy atom. The van der Waals surface area contributed by atoms with Gasteiger partial charge in [0.2, 0.25) is 15.9 Å². The topological polar surface area (TPSA) is 92.8 Å². The summed E-state index contributed by atoms with van der Waals surface area (Å²) in [5.74, 6) is -1.02. The van der Waals surface area contributed by atoms with E-state index in [9.17, 15) is 18.0 Å². The SMILES string of the molecule is CCOC(=O)c1cccc(NC(=O)[C@@H](CC)N(c2ccc(Cl)cc2)S(C)(=O)=O)c1. The number of hydrogen-bond donors (Lipinski definition) is 1. The molecule has 0 heterocycles. The van der Waals surface area contributed by atoms with Crippen LogP contribution in [0.4, 0.5) is 11.4 Å². The van der Waals surface area contributed by atoms with Crippen LogP contribution >= 0.6 is 11.6 Å². The van der Waals surface area contributed by atoms with Crippen molar-refractivity contribution in [3.63, 3.8) is 0 Å². The molecule has 0 saturated carbocycles. The fraction of sp³-hybridized carbons (Fsp3) is 0.300. The smallest absolute Gasteiger partial charge is 0.338 e. The highest BCUT2D eigenvalue weighted by Crippen LogP contribution is 2.25. The molecule has 1 amide bonds. The average Bonchev–Trinajstić information content (AvgIpc) is 2.66. The molecule has 2 rings (SSSR count). The monoisotopic (exact) mass is 438 g/mol. The molecule has 0 unspecified atom stereocenters. The molecule has 2 aromatic carbocycles. The lowest BCUT2D eigenvalue weighted by atomic mass is 10.1. The Hall–Kier alpha value is -2.58. The van der Waals surface area contributed by atoms with Crippen molar-refractivity contribution >= 4 is 44.9 Å². The molecular formula is C20H23ClN2O5S. The summed E-state index contributed by atoms with van der Waals surface area (Å²) in [6.45, 7) is 3.65. The fourth-order valence-corrected chi connectivity index (χ4v) is 4.15. The summed E-state index contributed by atoms with van der Waals surface area (Å²) in [6, 6.07) is 11.5. The third-order valence-corrected chi connectivity index (χ3v) is 5.48. The summed E-state index contributed by atoms with van der Waals surface area (Å²) in [7, 11) is -3.75. The summed E-state index contributed by atoms with van der Waals surface area (Å²) in [6.07, 6.45) is 1.28. The van der Waals surface area contributed by atoms with Crippen LogP contribution < -0.4 is 9.62 Å². The molecule has 0 aliphatic carbocycles. The Bertz CT molecular complexity index is 977. The van der Waals surface area contributed by atoms with E-state index < -0.39 is 27.9 Å². The first-order valence-corrected chi connectivity index (χ1v) is 11.2. The number of benzene rings is 2. The molecule has 2 aromatic rings. The van der Waals surface area contributed by atoms with Gasteiger partial charge in [-0.25, -0.2) is 13.2 Å². The van der Waals surface area contributed by atoms with Crippen LogP contribution in [0.3, 0.4) is 0 Å². The van der Waals surface area contributed by atoms with Crippen LogP contribution in [0.5, 0.6) is 0 Å². The van der Waals surface area contributed by atoms with Crippen LogP contribution in [0.2, 0.25) is 5.02 Å². The number of ether oxygens (including phenoxy) is 1. The predicted molar refractivity (Wildman–Crippen MR) is 114 cm³/mol. The highest BCUT2D eigenvalue weighted by molar-refractivity contribution is 7.92. The molecule has 0 radical (unpaired) electrons. The average molecular weight is 439 g/mol. The number of nitrogens with zero attached hydrogens (tertiary/aromatic N) is 1. The van der Waals surface area contributed by atoms with Crippen molar-refractivity contribution in [3.8, 4) is 0 Å². The van der Waals surface area contributed by atoms with Crippen LogP contribution in [0.1, 0.15) is 30.6 Å². The van der Waals surface area contributed by atoms with Gasteiger partial charge in [0.05, 0.1) is 24.1 Å². The Labute approximate surface area is 175 Å². The molecule has 9 heteroatoms. The first kappa shape index (κ1) is 22.7. The normalized spacial score (nSPS) is 12.1. The number of esters is 1. The standard InChI is InChI=1S/C20H23ClN2O5S/c1-4-18(23(29(3,26)27)17-11-9-15(21)10-12-17)19(24)22-16-8-6-7-14(13-16)20(25)28-5-2/h6-13,18H,4-5H2,1-3H3,(H,22,24)/t18-/m1/s1. The highest BCUT2D eigenvalue weighted by atomic mass is 35.5. The molecule has 0 bridgehead atoms. The molecule has 0 spiro atoms. The largest absolute Gasteiger partial charge is 0.462 e. The summed E-state index contributed by atoms with van der Waals surface area (Å²) in [5.41, 5.74) is 0.984. The van der Waals surface area contributed by atoms with Crippen molar-refractivity contribution in [2.45, 2.75) is 26.3 Å². The predicted octanol–water partition coefficient (Wildman–Crippen LogP) is 3.70. The fourth-order valence-electron chi connectivity index (χ4n) is 2.81. The zero-order valence-electron chi connectivity index (χ0n) is 16.4. The third kappa shape index (κ3) is 5.95. The van der Waals surface area contributed by atoms with Crippen LogP contribution in [-0.2, 0) is 19.6 Å². The van der Waals surface area contributed by atoms with Gasteiger partial charge in [-0.15, -0.1) is 0 Å². The van der Waals surface area contributed by atoms with E-state index in [1.54, 1.807) is 56.3 Å². The first-order valence-electron chi connectivity index (χ1n) is 9.00. The van der Waals surface area contributed by atoms with Gasteiger partial charge in [-0.05, 0) is 55.8 Å².